The zero-order chi connectivity index (χ0) is 31.9. The molecule has 2 heterocycles. The summed E-state index contributed by atoms with van der Waals surface area (Å²) in [4.78, 5) is 55.0. The molecule has 0 saturated carbocycles. The molecule has 1 aromatic carbocycles. The number of alkyl halides is 4. The zero-order valence-corrected chi connectivity index (χ0v) is 23.2. The summed E-state index contributed by atoms with van der Waals surface area (Å²) in [6.45, 7) is -0.224. The number of nitrogens with zero attached hydrogens (tertiary/aromatic N) is 3. The minimum atomic E-state index is -4.89. The lowest BCUT2D eigenvalue weighted by Gasteiger charge is -2.18. The fourth-order valence-electron chi connectivity index (χ4n) is 3.91. The second-order valence-corrected chi connectivity index (χ2v) is 9.48. The minimum Gasteiger partial charge on any atom is -0.453 e. The second-order valence-electron chi connectivity index (χ2n) is 9.48. The van der Waals surface area contributed by atoms with Crippen molar-refractivity contribution in [2.24, 2.45) is 4.99 Å². The van der Waals surface area contributed by atoms with Crippen LogP contribution in [0.25, 0.3) is 0 Å². The molecule has 1 aliphatic rings. The van der Waals surface area contributed by atoms with E-state index in [4.69, 9.17) is 0 Å². The maximum Gasteiger partial charge on any atom is 0.461 e. The van der Waals surface area contributed by atoms with Gasteiger partial charge in [0.2, 0.25) is 11.8 Å². The predicted molar refractivity (Wildman–Crippen MR) is 145 cm³/mol. The summed E-state index contributed by atoms with van der Waals surface area (Å²) in [5.41, 5.74) is -0.862. The van der Waals surface area contributed by atoms with Crippen molar-refractivity contribution < 1.29 is 45.8 Å². The number of pyridine rings is 1. The van der Waals surface area contributed by atoms with Gasteiger partial charge in [-0.3, -0.25) is 19.4 Å². The van der Waals surface area contributed by atoms with Gasteiger partial charge in [-0.2, -0.15) is 17.6 Å². The van der Waals surface area contributed by atoms with Crippen LogP contribution in [0.4, 0.5) is 38.1 Å². The molecule has 2 N–H and O–H groups in total. The number of carbonyl (C=O) groups excluding carboxylic acids is 3. The maximum atomic E-state index is 14.0. The molecule has 0 fully saturated rings. The fourth-order valence-corrected chi connectivity index (χ4v) is 3.91. The van der Waals surface area contributed by atoms with Gasteiger partial charge in [0.15, 0.2) is 5.75 Å². The molecule has 3 rings (SSSR count). The molecule has 11 nitrogen and oxygen atoms in total. The molecule has 0 spiro atoms. The summed E-state index contributed by atoms with van der Waals surface area (Å²) < 4.78 is 76.0. The van der Waals surface area contributed by atoms with Crippen molar-refractivity contribution in [1.82, 2.24) is 14.8 Å². The van der Waals surface area contributed by atoms with Gasteiger partial charge in [0, 0.05) is 38.5 Å². The first-order valence-electron chi connectivity index (χ1n) is 12.7. The third kappa shape index (κ3) is 8.62. The van der Waals surface area contributed by atoms with Crippen molar-refractivity contribution in [1.29, 1.82) is 0 Å². The number of aromatic nitrogens is 1. The van der Waals surface area contributed by atoms with E-state index in [1.807, 2.05) is 0 Å². The van der Waals surface area contributed by atoms with Gasteiger partial charge >= 0.3 is 18.6 Å². The molecule has 0 saturated heterocycles. The smallest absolute Gasteiger partial charge is 0.453 e. The lowest BCUT2D eigenvalue weighted by Crippen LogP contribution is -2.44. The summed E-state index contributed by atoms with van der Waals surface area (Å²) in [5.74, 6) is -2.92. The lowest BCUT2D eigenvalue weighted by molar-refractivity contribution is -0.253. The molecular formula is C27H28F5N5O6. The summed E-state index contributed by atoms with van der Waals surface area (Å²) >= 11 is 0. The highest BCUT2D eigenvalue weighted by Crippen LogP contribution is 2.41. The molecular weight excluding hydrogens is 585 g/mol. The van der Waals surface area contributed by atoms with Crippen molar-refractivity contribution in [2.45, 2.75) is 44.4 Å². The molecule has 16 heteroatoms. The highest BCUT2D eigenvalue weighted by molar-refractivity contribution is 5.97. The SMILES string of the molecule is COC(=O)N[C@@H](CC/C=C/C(=O)N(C)C)C(=O)Nc1cccn(CC2=Nc3c(cc(F)cc3OC(F)(F)C(F)F)C2)c1=O. The van der Waals surface area contributed by atoms with Crippen LogP contribution in [0.15, 0.2) is 52.4 Å². The quantitative estimate of drug-likeness (QED) is 0.278. The summed E-state index contributed by atoms with van der Waals surface area (Å²) in [6, 6.07) is 3.08. The number of alkyl carbamates (subject to hydrolysis) is 1. The first-order valence-corrected chi connectivity index (χ1v) is 12.7. The number of allylic oxidation sites excluding steroid dienone is 1. The van der Waals surface area contributed by atoms with Crippen LogP contribution in [0.3, 0.4) is 0 Å². The third-order valence-corrected chi connectivity index (χ3v) is 6.03. The van der Waals surface area contributed by atoms with Crippen LogP contribution in [0.1, 0.15) is 18.4 Å². The average molecular weight is 614 g/mol. The van der Waals surface area contributed by atoms with Crippen LogP contribution in [0.5, 0.6) is 5.75 Å². The number of hydrogen-bond acceptors (Lipinski definition) is 7. The highest BCUT2D eigenvalue weighted by Gasteiger charge is 2.45. The van der Waals surface area contributed by atoms with E-state index in [-0.39, 0.29) is 54.4 Å². The fraction of sp³-hybridized carbons (Fsp3) is 0.370. The molecule has 232 valence electrons. The van der Waals surface area contributed by atoms with E-state index in [2.05, 4.69) is 25.1 Å². The van der Waals surface area contributed by atoms with Gasteiger partial charge in [0.1, 0.15) is 23.2 Å². The molecule has 1 atom stereocenters. The van der Waals surface area contributed by atoms with Crippen molar-refractivity contribution in [3.63, 3.8) is 0 Å². The molecule has 3 amide bonds. The number of rotatable bonds is 12. The molecule has 2 aromatic rings. The van der Waals surface area contributed by atoms with E-state index in [9.17, 15) is 41.1 Å². The molecule has 0 radical (unpaired) electrons. The predicted octanol–water partition coefficient (Wildman–Crippen LogP) is 3.64. The Labute approximate surface area is 242 Å². The first-order chi connectivity index (χ1) is 20.2. The molecule has 0 bridgehead atoms. The number of likely N-dealkylation sites (N-methyl/N-ethyl adjacent to an activating group) is 1. The number of methoxy groups -OCH3 is 1. The van der Waals surface area contributed by atoms with Crippen LogP contribution in [-0.4, -0.2) is 72.9 Å². The molecule has 0 aliphatic carbocycles. The van der Waals surface area contributed by atoms with Gasteiger partial charge in [-0.05, 0) is 42.7 Å². The van der Waals surface area contributed by atoms with E-state index >= 15 is 0 Å². The van der Waals surface area contributed by atoms with Crippen LogP contribution < -0.4 is 20.9 Å². The Morgan fingerprint density at radius 2 is 1.95 bits per heavy atom. The Morgan fingerprint density at radius 1 is 1.23 bits per heavy atom. The number of aliphatic imine (C=N–C) groups is 1. The standard InChI is InChI=1S/C27H28F5N5O6/c1-36(2)21(38)9-5-4-7-18(35-26(41)42-3)23(39)34-19-8-6-10-37(24(19)40)14-17-12-15-11-16(28)13-20(22(15)33-17)43-27(31,32)25(29)30/h5-6,8-11,13,18,25H,4,7,12,14H2,1-3H3,(H,34,39)(H,35,41)/b9-5+/t18-/m0/s1. The third-order valence-electron chi connectivity index (χ3n) is 6.03. The Morgan fingerprint density at radius 3 is 2.60 bits per heavy atom. The molecule has 43 heavy (non-hydrogen) atoms. The number of halogens is 5. The summed E-state index contributed by atoms with van der Waals surface area (Å²) in [7, 11) is 4.24. The van der Waals surface area contributed by atoms with Crippen LogP contribution in [0, 0.1) is 5.82 Å². The van der Waals surface area contributed by atoms with E-state index < -0.39 is 47.7 Å². The van der Waals surface area contributed by atoms with Gasteiger partial charge < -0.3 is 29.6 Å². The Hall–Kier alpha value is -4.76. The van der Waals surface area contributed by atoms with Crippen LogP contribution in [-0.2, 0) is 27.3 Å². The van der Waals surface area contributed by atoms with E-state index in [0.717, 1.165) is 17.7 Å². The Balaban J connectivity index is 1.77. The van der Waals surface area contributed by atoms with Crippen LogP contribution in [0.2, 0.25) is 0 Å². The number of benzene rings is 1. The monoisotopic (exact) mass is 613 g/mol. The normalized spacial score (nSPS) is 13.4. The number of fused-ring (bicyclic) bond motifs is 1. The lowest BCUT2D eigenvalue weighted by atomic mass is 10.1. The van der Waals surface area contributed by atoms with Crippen molar-refractivity contribution in [3.05, 3.63) is 64.3 Å². The summed E-state index contributed by atoms with van der Waals surface area (Å²) in [5, 5.41) is 4.80. The number of carbonyl (C=O) groups is 3. The van der Waals surface area contributed by atoms with E-state index in [1.54, 1.807) is 14.1 Å². The number of anilines is 1. The first kappa shape index (κ1) is 32.8. The van der Waals surface area contributed by atoms with Gasteiger partial charge in [0.25, 0.3) is 5.56 Å². The van der Waals surface area contributed by atoms with Gasteiger partial charge in [-0.1, -0.05) is 6.08 Å². The van der Waals surface area contributed by atoms with Gasteiger partial charge in [-0.15, -0.1) is 0 Å². The van der Waals surface area contributed by atoms with E-state index in [1.165, 1.54) is 35.4 Å². The Bertz CT molecular complexity index is 1490. The second kappa shape index (κ2) is 13.9. The number of amides is 3. The van der Waals surface area contributed by atoms with E-state index in [0.29, 0.717) is 6.07 Å². The molecule has 1 aromatic heterocycles. The van der Waals surface area contributed by atoms with Crippen LogP contribution >= 0.6 is 0 Å². The van der Waals surface area contributed by atoms with Crippen molar-refractivity contribution in [3.8, 4) is 5.75 Å². The Kier molecular flexibility index (Phi) is 10.6. The van der Waals surface area contributed by atoms with Gasteiger partial charge in [0.05, 0.1) is 13.7 Å². The average Bonchev–Trinajstić information content (AvgIpc) is 3.34. The maximum absolute atomic E-state index is 14.0. The van der Waals surface area contributed by atoms with Crippen molar-refractivity contribution >= 4 is 35.0 Å². The molecule has 1 aliphatic heterocycles. The topological polar surface area (TPSA) is 131 Å². The number of nitrogens with one attached hydrogen (secondary N) is 2. The number of ether oxygens (including phenoxy) is 2. The van der Waals surface area contributed by atoms with Crippen molar-refractivity contribution in [2.75, 3.05) is 26.5 Å². The largest absolute Gasteiger partial charge is 0.461 e. The number of hydrogen-bond donors (Lipinski definition) is 2. The highest BCUT2D eigenvalue weighted by atomic mass is 19.3. The zero-order valence-electron chi connectivity index (χ0n) is 23.2. The van der Waals surface area contributed by atoms with Gasteiger partial charge in [-0.25, -0.2) is 9.18 Å². The minimum absolute atomic E-state index is 0.0554. The molecule has 0 unspecified atom stereocenters. The summed E-state index contributed by atoms with van der Waals surface area (Å²) in [6.07, 6.45) is -5.59.